The topological polar surface area (TPSA) is 35.5 Å². The zero-order valence-corrected chi connectivity index (χ0v) is 36.3. The SMILES string of the molecule is O=C(Oc1ccccc1-c1ccc(C(c2ccccc2)(c2ccccc2)c2ccccc2)cc1)Oc1ccccc1-c1ccc(C(c2ccccc2)(c2ccccc2)c2ccccc2)cc1. The summed E-state index contributed by atoms with van der Waals surface area (Å²) < 4.78 is 12.1. The van der Waals surface area contributed by atoms with Gasteiger partial charge in [-0.25, -0.2) is 4.79 Å². The molecule has 0 aliphatic rings. The molecule has 0 aliphatic carbocycles. The average molecular weight is 851 g/mol. The van der Waals surface area contributed by atoms with Crippen molar-refractivity contribution >= 4 is 6.16 Å². The van der Waals surface area contributed by atoms with Gasteiger partial charge < -0.3 is 9.47 Å². The second-order valence-electron chi connectivity index (χ2n) is 16.3. The maximum Gasteiger partial charge on any atom is 0.519 e. The molecule has 3 heteroatoms. The summed E-state index contributed by atoms with van der Waals surface area (Å²) in [5, 5.41) is 0. The number of ether oxygens (including phenoxy) is 2. The van der Waals surface area contributed by atoms with Gasteiger partial charge in [0.25, 0.3) is 0 Å². The third-order valence-corrected chi connectivity index (χ3v) is 12.7. The van der Waals surface area contributed by atoms with Crippen molar-refractivity contribution < 1.29 is 14.3 Å². The minimum atomic E-state index is -0.823. The number of para-hydroxylation sites is 2. The second kappa shape index (κ2) is 18.7. The van der Waals surface area contributed by atoms with Gasteiger partial charge in [0.2, 0.25) is 0 Å². The first-order valence-corrected chi connectivity index (χ1v) is 22.3. The van der Waals surface area contributed by atoms with Crippen molar-refractivity contribution in [3.05, 3.63) is 324 Å². The smallest absolute Gasteiger partial charge is 0.394 e. The molecule has 0 amide bonds. The molecular weight excluding hydrogens is 805 g/mol. The van der Waals surface area contributed by atoms with Crippen molar-refractivity contribution in [2.75, 3.05) is 0 Å². The largest absolute Gasteiger partial charge is 0.519 e. The Labute approximate surface area is 386 Å². The quantitative estimate of drug-likeness (QED) is 0.0698. The van der Waals surface area contributed by atoms with E-state index in [1.54, 1.807) is 12.1 Å². The highest BCUT2D eigenvalue weighted by Gasteiger charge is 2.39. The molecule has 0 aromatic heterocycles. The molecular formula is C63H46O3. The van der Waals surface area contributed by atoms with E-state index < -0.39 is 17.0 Å². The summed E-state index contributed by atoms with van der Waals surface area (Å²) in [6.45, 7) is 0. The normalized spacial score (nSPS) is 11.4. The molecule has 0 saturated heterocycles. The third-order valence-electron chi connectivity index (χ3n) is 12.7. The Morgan fingerprint density at radius 1 is 0.242 bits per heavy atom. The van der Waals surface area contributed by atoms with Crippen LogP contribution in [0.3, 0.4) is 0 Å². The Morgan fingerprint density at radius 3 is 0.712 bits per heavy atom. The Kier molecular flexibility index (Phi) is 11.7. The predicted molar refractivity (Wildman–Crippen MR) is 267 cm³/mol. The van der Waals surface area contributed by atoms with Crippen LogP contribution in [0.5, 0.6) is 11.5 Å². The number of hydrogen-bond acceptors (Lipinski definition) is 3. The lowest BCUT2D eigenvalue weighted by atomic mass is 9.65. The molecule has 316 valence electrons. The fourth-order valence-corrected chi connectivity index (χ4v) is 9.72. The van der Waals surface area contributed by atoms with Gasteiger partial charge in [-0.1, -0.05) is 267 Å². The van der Waals surface area contributed by atoms with Crippen LogP contribution in [0, 0.1) is 0 Å². The minimum Gasteiger partial charge on any atom is -0.394 e. The van der Waals surface area contributed by atoms with Crippen molar-refractivity contribution in [2.45, 2.75) is 10.8 Å². The maximum absolute atomic E-state index is 13.8. The van der Waals surface area contributed by atoms with Crippen molar-refractivity contribution in [1.82, 2.24) is 0 Å². The zero-order valence-electron chi connectivity index (χ0n) is 36.3. The van der Waals surface area contributed by atoms with Crippen LogP contribution in [0.25, 0.3) is 22.3 Å². The molecule has 10 aromatic rings. The lowest BCUT2D eigenvalue weighted by molar-refractivity contribution is 0.152. The summed E-state index contributed by atoms with van der Waals surface area (Å²) in [6, 6.07) is 96.2. The monoisotopic (exact) mass is 850 g/mol. The summed E-state index contributed by atoms with van der Waals surface area (Å²) in [4.78, 5) is 13.8. The number of hydrogen-bond donors (Lipinski definition) is 0. The highest BCUT2D eigenvalue weighted by molar-refractivity contribution is 5.79. The van der Waals surface area contributed by atoms with Gasteiger partial charge in [-0.2, -0.15) is 0 Å². The number of rotatable bonds is 12. The molecule has 10 rings (SSSR count). The summed E-state index contributed by atoms with van der Waals surface area (Å²) in [5.41, 5.74) is 11.4. The van der Waals surface area contributed by atoms with Crippen molar-refractivity contribution in [3.63, 3.8) is 0 Å². The van der Waals surface area contributed by atoms with E-state index in [1.807, 2.05) is 36.4 Å². The minimum absolute atomic E-state index is 0.400. The van der Waals surface area contributed by atoms with Crippen LogP contribution in [0.1, 0.15) is 44.5 Å². The van der Waals surface area contributed by atoms with E-state index in [-0.39, 0.29) is 0 Å². The van der Waals surface area contributed by atoms with Gasteiger partial charge in [0.1, 0.15) is 11.5 Å². The van der Waals surface area contributed by atoms with Gasteiger partial charge in [-0.15, -0.1) is 0 Å². The molecule has 0 fully saturated rings. The molecule has 0 unspecified atom stereocenters. The molecule has 3 nitrogen and oxygen atoms in total. The van der Waals surface area contributed by atoms with Crippen LogP contribution in [-0.4, -0.2) is 6.16 Å². The van der Waals surface area contributed by atoms with Gasteiger partial charge in [0, 0.05) is 11.1 Å². The summed E-state index contributed by atoms with van der Waals surface area (Å²) in [5.74, 6) is 0.799. The van der Waals surface area contributed by atoms with E-state index in [9.17, 15) is 4.79 Å². The summed E-state index contributed by atoms with van der Waals surface area (Å²) in [6.07, 6.45) is -0.823. The van der Waals surface area contributed by atoms with E-state index in [4.69, 9.17) is 9.47 Å². The molecule has 0 saturated carbocycles. The number of carbonyl (C=O) groups is 1. The van der Waals surface area contributed by atoms with Crippen molar-refractivity contribution in [1.29, 1.82) is 0 Å². The summed E-state index contributed by atoms with van der Waals surface area (Å²) in [7, 11) is 0. The molecule has 0 radical (unpaired) electrons. The van der Waals surface area contributed by atoms with Gasteiger partial charge in [-0.05, 0) is 67.8 Å². The van der Waals surface area contributed by atoms with Gasteiger partial charge in [0.15, 0.2) is 0 Å². The van der Waals surface area contributed by atoms with Gasteiger partial charge in [0.05, 0.1) is 10.8 Å². The van der Waals surface area contributed by atoms with E-state index >= 15 is 0 Å². The van der Waals surface area contributed by atoms with Crippen LogP contribution in [0.15, 0.2) is 279 Å². The standard InChI is InChI=1S/C63H46O3/c64-61(65-59-37-21-19-35-57(59)47-39-43-55(44-40-47)62(49-23-7-1-8-24-49,50-25-9-2-10-26-50)51-27-11-3-12-28-51)66-60-38-22-20-36-58(60)48-41-45-56(46-42-48)63(52-29-13-4-14-30-52,53-31-15-5-16-32-53)54-33-17-6-18-34-54/h1-46H. The lowest BCUT2D eigenvalue weighted by Gasteiger charge is -2.37. The lowest BCUT2D eigenvalue weighted by Crippen LogP contribution is -2.30. The fourth-order valence-electron chi connectivity index (χ4n) is 9.72. The Balaban J connectivity index is 0.950. The third kappa shape index (κ3) is 7.78. The van der Waals surface area contributed by atoms with Gasteiger partial charge in [-0.3, -0.25) is 0 Å². The molecule has 0 bridgehead atoms. The Morgan fingerprint density at radius 2 is 0.455 bits per heavy atom. The van der Waals surface area contributed by atoms with Crippen LogP contribution < -0.4 is 9.47 Å². The maximum atomic E-state index is 13.8. The Bertz CT molecular complexity index is 2740. The second-order valence-corrected chi connectivity index (χ2v) is 16.3. The Hall–Kier alpha value is -8.53. The highest BCUT2D eigenvalue weighted by atomic mass is 16.7. The van der Waals surface area contributed by atoms with Crippen LogP contribution in [0.4, 0.5) is 4.79 Å². The number of benzene rings is 10. The molecule has 0 heterocycles. The van der Waals surface area contributed by atoms with E-state index in [0.29, 0.717) is 11.5 Å². The molecule has 66 heavy (non-hydrogen) atoms. The van der Waals surface area contributed by atoms with Crippen LogP contribution >= 0.6 is 0 Å². The molecule has 0 atom stereocenters. The zero-order chi connectivity index (χ0) is 44.6. The average Bonchev–Trinajstić information content (AvgIpc) is 3.40. The van der Waals surface area contributed by atoms with Crippen LogP contribution in [-0.2, 0) is 10.8 Å². The first kappa shape index (κ1) is 41.5. The predicted octanol–water partition coefficient (Wildman–Crippen LogP) is 15.4. The first-order valence-electron chi connectivity index (χ1n) is 22.3. The number of carbonyl (C=O) groups excluding carboxylic acids is 1. The van der Waals surface area contributed by atoms with Crippen LogP contribution in [0.2, 0.25) is 0 Å². The van der Waals surface area contributed by atoms with Crippen molar-refractivity contribution in [3.8, 4) is 33.8 Å². The molecule has 0 spiro atoms. The molecule has 0 N–H and O–H groups in total. The molecule has 0 aliphatic heterocycles. The van der Waals surface area contributed by atoms with E-state index in [0.717, 1.165) is 66.8 Å². The molecule has 10 aromatic carbocycles. The van der Waals surface area contributed by atoms with E-state index in [1.165, 1.54) is 0 Å². The van der Waals surface area contributed by atoms with Crippen molar-refractivity contribution in [2.24, 2.45) is 0 Å². The van der Waals surface area contributed by atoms with Gasteiger partial charge >= 0.3 is 6.16 Å². The fraction of sp³-hybridized carbons (Fsp3) is 0.0317. The van der Waals surface area contributed by atoms with E-state index in [2.05, 4.69) is 231 Å². The highest BCUT2D eigenvalue weighted by Crippen LogP contribution is 2.47. The first-order chi connectivity index (χ1) is 32.7. The summed E-state index contributed by atoms with van der Waals surface area (Å²) >= 11 is 0.